The number of benzene rings is 2. The molecule has 4 fully saturated rings. The SMILES string of the molecule is CC(C)(O)c1cc2nn([C@H]3CC[C@H](N4CCN(C5CCN(c6ccc(C7CCC(=O)NC7=O)cc6)CC5)CC4)CC3)cc2cc1NC(=O)c1ccc2cc(C#N)cnn12. The molecule has 5 aromatic rings. The van der Waals surface area contributed by atoms with Gasteiger partial charge in [-0.3, -0.25) is 34.2 Å². The van der Waals surface area contributed by atoms with Crippen molar-refractivity contribution < 1.29 is 19.5 Å². The number of hydrogen-bond donors (Lipinski definition) is 3. The van der Waals surface area contributed by atoms with Crippen molar-refractivity contribution in [2.75, 3.05) is 49.5 Å². The van der Waals surface area contributed by atoms with Gasteiger partial charge in [0.25, 0.3) is 5.91 Å². The minimum absolute atomic E-state index is 0.179. The van der Waals surface area contributed by atoms with Gasteiger partial charge in [0.05, 0.1) is 40.4 Å². The highest BCUT2D eigenvalue weighted by atomic mass is 16.3. The van der Waals surface area contributed by atoms with Crippen LogP contribution >= 0.6 is 0 Å². The Kier molecular flexibility index (Phi) is 10.4. The van der Waals surface area contributed by atoms with E-state index >= 15 is 0 Å². The Morgan fingerprint density at radius 2 is 1.54 bits per heavy atom. The fraction of sp³-hybridized carbons (Fsp3) is 0.467. The molecule has 3 aliphatic heterocycles. The molecule has 2 aromatic carbocycles. The molecule has 3 amide bonds. The van der Waals surface area contributed by atoms with Gasteiger partial charge in [-0.2, -0.15) is 15.5 Å². The zero-order chi connectivity index (χ0) is 40.8. The largest absolute Gasteiger partial charge is 0.386 e. The fourth-order valence-corrected chi connectivity index (χ4v) is 9.88. The first-order chi connectivity index (χ1) is 28.5. The van der Waals surface area contributed by atoms with Gasteiger partial charge in [0.1, 0.15) is 11.8 Å². The van der Waals surface area contributed by atoms with Crippen molar-refractivity contribution in [1.82, 2.24) is 34.5 Å². The Bertz CT molecular complexity index is 2420. The maximum absolute atomic E-state index is 13.5. The van der Waals surface area contributed by atoms with E-state index in [2.05, 4.69) is 71.6 Å². The topological polar surface area (TPSA) is 164 Å². The molecule has 9 rings (SSSR count). The van der Waals surface area contributed by atoms with Crippen LogP contribution in [0.15, 0.2) is 67.0 Å². The van der Waals surface area contributed by atoms with Crippen LogP contribution in [0.2, 0.25) is 0 Å². The number of carbonyl (C=O) groups excluding carboxylic acids is 3. The second-order valence-corrected chi connectivity index (χ2v) is 17.3. The molecule has 1 unspecified atom stereocenters. The van der Waals surface area contributed by atoms with Crippen LogP contribution in [0, 0.1) is 11.3 Å². The van der Waals surface area contributed by atoms with Crippen LogP contribution in [-0.4, -0.2) is 103 Å². The molecule has 6 heterocycles. The zero-order valence-electron chi connectivity index (χ0n) is 33.8. The number of rotatable bonds is 8. The molecule has 14 heteroatoms. The van der Waals surface area contributed by atoms with E-state index in [0.29, 0.717) is 59.0 Å². The summed E-state index contributed by atoms with van der Waals surface area (Å²) >= 11 is 0. The molecule has 0 spiro atoms. The van der Waals surface area contributed by atoms with Crippen molar-refractivity contribution in [2.24, 2.45) is 0 Å². The number of anilines is 2. The number of aromatic nitrogens is 4. The normalized spacial score (nSPS) is 22.7. The molecular formula is C45H52N10O4. The summed E-state index contributed by atoms with van der Waals surface area (Å²) in [6, 6.07) is 20.8. The second kappa shape index (κ2) is 15.9. The third-order valence-corrected chi connectivity index (χ3v) is 13.2. The molecule has 0 radical (unpaired) electrons. The first-order valence-corrected chi connectivity index (χ1v) is 21.1. The highest BCUT2D eigenvalue weighted by Gasteiger charge is 2.33. The Morgan fingerprint density at radius 3 is 2.20 bits per heavy atom. The van der Waals surface area contributed by atoms with Crippen LogP contribution in [0.1, 0.15) is 104 Å². The van der Waals surface area contributed by atoms with Crippen LogP contribution in [0.3, 0.4) is 0 Å². The molecule has 1 aliphatic carbocycles. The number of piperazine rings is 1. The molecular weight excluding hydrogens is 745 g/mol. The number of fused-ring (bicyclic) bond motifs is 2. The monoisotopic (exact) mass is 796 g/mol. The van der Waals surface area contributed by atoms with Crippen LogP contribution in [0.5, 0.6) is 0 Å². The summed E-state index contributed by atoms with van der Waals surface area (Å²) in [4.78, 5) is 45.3. The average Bonchev–Trinajstić information content (AvgIpc) is 3.87. The first kappa shape index (κ1) is 38.9. The zero-order valence-corrected chi connectivity index (χ0v) is 33.8. The van der Waals surface area contributed by atoms with Gasteiger partial charge in [0.2, 0.25) is 11.8 Å². The summed E-state index contributed by atoms with van der Waals surface area (Å²) in [7, 11) is 0. The average molecular weight is 797 g/mol. The van der Waals surface area contributed by atoms with Crippen molar-refractivity contribution in [3.8, 4) is 6.07 Å². The van der Waals surface area contributed by atoms with Crippen molar-refractivity contribution in [3.63, 3.8) is 0 Å². The highest BCUT2D eigenvalue weighted by Crippen LogP contribution is 2.36. The Morgan fingerprint density at radius 1 is 0.864 bits per heavy atom. The van der Waals surface area contributed by atoms with E-state index < -0.39 is 5.60 Å². The molecule has 59 heavy (non-hydrogen) atoms. The van der Waals surface area contributed by atoms with E-state index in [0.717, 1.165) is 94.3 Å². The third kappa shape index (κ3) is 7.94. The molecule has 1 atom stereocenters. The van der Waals surface area contributed by atoms with Gasteiger partial charge in [-0.15, -0.1) is 0 Å². The smallest absolute Gasteiger partial charge is 0.274 e. The van der Waals surface area contributed by atoms with E-state index in [-0.39, 0.29) is 23.6 Å². The van der Waals surface area contributed by atoms with Gasteiger partial charge >= 0.3 is 0 Å². The molecule has 14 nitrogen and oxygen atoms in total. The number of amides is 3. The van der Waals surface area contributed by atoms with E-state index in [4.69, 9.17) is 5.10 Å². The number of hydrogen-bond acceptors (Lipinski definition) is 10. The van der Waals surface area contributed by atoms with E-state index in [1.54, 1.807) is 32.0 Å². The van der Waals surface area contributed by atoms with Crippen LogP contribution in [0.25, 0.3) is 16.4 Å². The lowest BCUT2D eigenvalue weighted by molar-refractivity contribution is -0.134. The number of piperidine rings is 2. The van der Waals surface area contributed by atoms with Gasteiger partial charge in [0, 0.05) is 86.3 Å². The number of nitrogens with zero attached hydrogens (tertiary/aromatic N) is 8. The molecule has 3 saturated heterocycles. The minimum Gasteiger partial charge on any atom is -0.386 e. The van der Waals surface area contributed by atoms with Crippen molar-refractivity contribution >= 4 is 45.5 Å². The van der Waals surface area contributed by atoms with Crippen molar-refractivity contribution in [3.05, 3.63) is 89.4 Å². The molecule has 0 bridgehead atoms. The van der Waals surface area contributed by atoms with E-state index in [1.807, 2.05) is 12.1 Å². The number of imide groups is 1. The lowest BCUT2D eigenvalue weighted by Crippen LogP contribution is -2.55. The summed E-state index contributed by atoms with van der Waals surface area (Å²) in [5, 5.41) is 36.1. The van der Waals surface area contributed by atoms with E-state index in [9.17, 15) is 24.8 Å². The lowest BCUT2D eigenvalue weighted by atomic mass is 9.89. The molecule has 1 saturated carbocycles. The minimum atomic E-state index is -1.23. The van der Waals surface area contributed by atoms with Gasteiger partial charge in [0.15, 0.2) is 0 Å². The number of nitrogens with one attached hydrogen (secondary N) is 2. The van der Waals surface area contributed by atoms with Crippen LogP contribution in [-0.2, 0) is 15.2 Å². The summed E-state index contributed by atoms with van der Waals surface area (Å²) in [6.45, 7) is 9.89. The van der Waals surface area contributed by atoms with Gasteiger partial charge in [-0.1, -0.05) is 12.1 Å². The molecule has 306 valence electrons. The predicted octanol–water partition coefficient (Wildman–Crippen LogP) is 5.33. The fourth-order valence-electron chi connectivity index (χ4n) is 9.88. The van der Waals surface area contributed by atoms with Gasteiger partial charge in [-0.05, 0) is 107 Å². The van der Waals surface area contributed by atoms with Crippen molar-refractivity contribution in [2.45, 2.75) is 94.9 Å². The summed E-state index contributed by atoms with van der Waals surface area (Å²) in [5.74, 6) is -0.974. The quantitative estimate of drug-likeness (QED) is 0.175. The molecule has 3 N–H and O–H groups in total. The number of aliphatic hydroxyl groups is 1. The maximum atomic E-state index is 13.5. The molecule has 4 aliphatic rings. The van der Waals surface area contributed by atoms with Crippen molar-refractivity contribution in [1.29, 1.82) is 5.26 Å². The summed E-state index contributed by atoms with van der Waals surface area (Å²) < 4.78 is 3.60. The van der Waals surface area contributed by atoms with Crippen LogP contribution < -0.4 is 15.5 Å². The Labute approximate surface area is 343 Å². The second-order valence-electron chi connectivity index (χ2n) is 17.3. The third-order valence-electron chi connectivity index (χ3n) is 13.2. The first-order valence-electron chi connectivity index (χ1n) is 21.1. The highest BCUT2D eigenvalue weighted by molar-refractivity contribution is 6.05. The summed E-state index contributed by atoms with van der Waals surface area (Å²) in [5.41, 5.74) is 4.23. The Balaban J connectivity index is 0.770. The number of nitriles is 1. The lowest BCUT2D eigenvalue weighted by Gasteiger charge is -2.46. The van der Waals surface area contributed by atoms with Crippen LogP contribution in [0.4, 0.5) is 11.4 Å². The Hall–Kier alpha value is -5.62. The van der Waals surface area contributed by atoms with Gasteiger partial charge in [-0.25, -0.2) is 4.52 Å². The standard InChI is InChI=1S/C45H52N10O4/c1-45(2,59)38-25-39-31(24-40(38)48-44(58)41-13-11-36-23-29(26-46)27-47-55(36)41)28-54(50-39)35-9-7-33(8-10-35)52-19-21-53(22-20-52)34-15-17-51(18-16-34)32-5-3-30(4-6-32)37-12-14-42(56)49-43(37)57/h3-6,11,13,23-25,27-28,33-35,37,59H,7-10,12,14-22H2,1-2H3,(H,48,58)(H,49,56,57)/t33-,35-,37?. The predicted molar refractivity (Wildman–Crippen MR) is 224 cm³/mol. The molecule has 3 aromatic heterocycles. The summed E-state index contributed by atoms with van der Waals surface area (Å²) in [6.07, 6.45) is 11.1. The number of carbonyl (C=O) groups is 3. The van der Waals surface area contributed by atoms with E-state index in [1.165, 1.54) is 16.4 Å². The maximum Gasteiger partial charge on any atom is 0.274 e. The van der Waals surface area contributed by atoms with Gasteiger partial charge < -0.3 is 15.3 Å².